The summed E-state index contributed by atoms with van der Waals surface area (Å²) in [5.41, 5.74) is 0. The molecule has 1 nitrogen and oxygen atoms in total. The molecule has 0 saturated heterocycles. The Morgan fingerprint density at radius 2 is 1.73 bits per heavy atom. The summed E-state index contributed by atoms with van der Waals surface area (Å²) in [6, 6.07) is 0. The van der Waals surface area contributed by atoms with Crippen molar-refractivity contribution in [2.75, 3.05) is 0 Å². The maximum atomic E-state index is 13.0. The molecule has 4 unspecified atom stereocenters. The van der Waals surface area contributed by atoms with Crippen LogP contribution in [0.15, 0.2) is 0 Å². The topological polar surface area (TPSA) is 20.2 Å². The average molecular weight is 158 g/mol. The molecule has 2 aliphatic carbocycles. The zero-order chi connectivity index (χ0) is 7.84. The van der Waals surface area contributed by atoms with Gasteiger partial charge in [-0.05, 0) is 24.7 Å². The molecule has 1 N–H and O–H groups in total. The number of hydrogen-bond donors (Lipinski definition) is 1. The third kappa shape index (κ3) is 1.28. The Kier molecular flexibility index (Phi) is 1.88. The molecule has 0 aromatic heterocycles. The first kappa shape index (κ1) is 7.53. The fraction of sp³-hybridized carbons (Fsp3) is 1.00. The number of fused-ring (bicyclic) bond motifs is 1. The van der Waals surface area contributed by atoms with E-state index in [1.807, 2.05) is 0 Å². The molecule has 2 heteroatoms. The number of halogens is 1. The fourth-order valence-corrected chi connectivity index (χ4v) is 2.64. The van der Waals surface area contributed by atoms with Crippen molar-refractivity contribution in [3.05, 3.63) is 0 Å². The molecule has 0 aliphatic heterocycles. The van der Waals surface area contributed by atoms with E-state index in [9.17, 15) is 9.50 Å². The van der Waals surface area contributed by atoms with Gasteiger partial charge in [-0.25, -0.2) is 4.39 Å². The second kappa shape index (κ2) is 2.74. The van der Waals surface area contributed by atoms with Crippen molar-refractivity contribution in [2.45, 2.75) is 44.4 Å². The first-order chi connectivity index (χ1) is 5.27. The summed E-state index contributed by atoms with van der Waals surface area (Å²) in [7, 11) is 0. The van der Waals surface area contributed by atoms with Gasteiger partial charge in [-0.2, -0.15) is 0 Å². The van der Waals surface area contributed by atoms with Crippen LogP contribution in [0, 0.1) is 11.8 Å². The lowest BCUT2D eigenvalue weighted by molar-refractivity contribution is 0.00436. The molecule has 0 radical (unpaired) electrons. The zero-order valence-corrected chi connectivity index (χ0v) is 6.67. The highest BCUT2D eigenvalue weighted by molar-refractivity contribution is 4.89. The Bertz CT molecular complexity index is 132. The smallest absolute Gasteiger partial charge is 0.126 e. The van der Waals surface area contributed by atoms with E-state index in [4.69, 9.17) is 0 Å². The van der Waals surface area contributed by atoms with Crippen LogP contribution in [0.2, 0.25) is 0 Å². The van der Waals surface area contributed by atoms with E-state index in [2.05, 4.69) is 0 Å². The van der Waals surface area contributed by atoms with E-state index in [0.717, 1.165) is 0 Å². The minimum Gasteiger partial charge on any atom is -0.390 e. The van der Waals surface area contributed by atoms with E-state index in [1.54, 1.807) is 0 Å². The van der Waals surface area contributed by atoms with E-state index in [1.165, 1.54) is 19.3 Å². The van der Waals surface area contributed by atoms with Crippen LogP contribution in [0.5, 0.6) is 0 Å². The Hall–Kier alpha value is -0.110. The van der Waals surface area contributed by atoms with E-state index >= 15 is 0 Å². The molecule has 64 valence electrons. The summed E-state index contributed by atoms with van der Waals surface area (Å²) in [6.45, 7) is 0. The van der Waals surface area contributed by atoms with Gasteiger partial charge in [0.1, 0.15) is 6.17 Å². The summed E-state index contributed by atoms with van der Waals surface area (Å²) in [5.74, 6) is 1.23. The maximum absolute atomic E-state index is 13.0. The van der Waals surface area contributed by atoms with Crippen LogP contribution >= 0.6 is 0 Å². The van der Waals surface area contributed by atoms with Gasteiger partial charge in [0.05, 0.1) is 6.10 Å². The van der Waals surface area contributed by atoms with Gasteiger partial charge in [0.15, 0.2) is 0 Å². The highest BCUT2D eigenvalue weighted by Crippen LogP contribution is 2.42. The van der Waals surface area contributed by atoms with Crippen LogP contribution in [0.4, 0.5) is 4.39 Å². The molecule has 0 bridgehead atoms. The molecule has 0 amide bonds. The Balaban J connectivity index is 2.00. The van der Waals surface area contributed by atoms with Gasteiger partial charge in [-0.1, -0.05) is 19.3 Å². The summed E-state index contributed by atoms with van der Waals surface area (Å²) in [5, 5.41) is 9.25. The third-order valence-corrected chi connectivity index (χ3v) is 3.31. The lowest BCUT2D eigenvalue weighted by Gasteiger charge is -2.31. The maximum Gasteiger partial charge on any atom is 0.126 e. The van der Waals surface area contributed by atoms with E-state index in [0.29, 0.717) is 24.7 Å². The summed E-state index contributed by atoms with van der Waals surface area (Å²) >= 11 is 0. The van der Waals surface area contributed by atoms with Gasteiger partial charge in [-0.15, -0.1) is 0 Å². The van der Waals surface area contributed by atoms with Crippen LogP contribution in [0.25, 0.3) is 0 Å². The van der Waals surface area contributed by atoms with Crippen LogP contribution < -0.4 is 0 Å². The van der Waals surface area contributed by atoms with Crippen molar-refractivity contribution < 1.29 is 9.50 Å². The summed E-state index contributed by atoms with van der Waals surface area (Å²) < 4.78 is 13.0. The van der Waals surface area contributed by atoms with Crippen LogP contribution in [-0.4, -0.2) is 17.4 Å². The highest BCUT2D eigenvalue weighted by Gasteiger charge is 2.38. The molecule has 2 saturated carbocycles. The van der Waals surface area contributed by atoms with Crippen molar-refractivity contribution in [3.63, 3.8) is 0 Å². The predicted molar refractivity (Wildman–Crippen MR) is 41.0 cm³/mol. The molecule has 0 aromatic rings. The van der Waals surface area contributed by atoms with Crippen LogP contribution in [0.1, 0.15) is 32.1 Å². The number of alkyl halides is 1. The van der Waals surface area contributed by atoms with Crippen LogP contribution in [-0.2, 0) is 0 Å². The highest BCUT2D eigenvalue weighted by atomic mass is 19.1. The van der Waals surface area contributed by atoms with Gasteiger partial charge >= 0.3 is 0 Å². The van der Waals surface area contributed by atoms with Gasteiger partial charge < -0.3 is 5.11 Å². The van der Waals surface area contributed by atoms with Crippen molar-refractivity contribution in [1.82, 2.24) is 0 Å². The third-order valence-electron chi connectivity index (χ3n) is 3.31. The normalized spacial score (nSPS) is 50.7. The number of hydrogen-bond acceptors (Lipinski definition) is 1. The molecular weight excluding hydrogens is 143 g/mol. The second-order valence-electron chi connectivity index (χ2n) is 4.01. The lowest BCUT2D eigenvalue weighted by Crippen LogP contribution is -2.34. The van der Waals surface area contributed by atoms with Crippen molar-refractivity contribution in [2.24, 2.45) is 11.8 Å². The van der Waals surface area contributed by atoms with Crippen molar-refractivity contribution in [3.8, 4) is 0 Å². The molecule has 2 rings (SSSR count). The van der Waals surface area contributed by atoms with Crippen molar-refractivity contribution >= 4 is 0 Å². The Morgan fingerprint density at radius 1 is 1.09 bits per heavy atom. The largest absolute Gasteiger partial charge is 0.390 e. The molecular formula is C9H15FO. The van der Waals surface area contributed by atoms with Gasteiger partial charge in [0, 0.05) is 0 Å². The van der Waals surface area contributed by atoms with Crippen molar-refractivity contribution in [1.29, 1.82) is 0 Å². The Labute approximate surface area is 66.6 Å². The lowest BCUT2D eigenvalue weighted by atomic mass is 9.79. The first-order valence-corrected chi connectivity index (χ1v) is 4.59. The average Bonchev–Trinajstić information content (AvgIpc) is 2.36. The molecule has 0 spiro atoms. The molecule has 0 aromatic carbocycles. The molecule has 2 aliphatic rings. The molecule has 4 atom stereocenters. The summed E-state index contributed by atoms with van der Waals surface area (Å²) in [6.07, 6.45) is 3.39. The zero-order valence-electron chi connectivity index (χ0n) is 6.67. The summed E-state index contributed by atoms with van der Waals surface area (Å²) in [4.78, 5) is 0. The monoisotopic (exact) mass is 158 g/mol. The van der Waals surface area contributed by atoms with Crippen LogP contribution in [0.3, 0.4) is 0 Å². The number of aliphatic hydroxyl groups is 1. The first-order valence-electron chi connectivity index (χ1n) is 4.59. The van der Waals surface area contributed by atoms with Gasteiger partial charge in [0.25, 0.3) is 0 Å². The minimum absolute atomic E-state index is 0.591. The van der Waals surface area contributed by atoms with Gasteiger partial charge in [0.2, 0.25) is 0 Å². The molecule has 2 fully saturated rings. The second-order valence-corrected chi connectivity index (χ2v) is 4.01. The van der Waals surface area contributed by atoms with E-state index in [-0.39, 0.29) is 0 Å². The quantitative estimate of drug-likeness (QED) is 0.571. The minimum atomic E-state index is -0.936. The fourth-order valence-electron chi connectivity index (χ4n) is 2.64. The van der Waals surface area contributed by atoms with E-state index < -0.39 is 12.3 Å². The molecule has 11 heavy (non-hydrogen) atoms. The number of aliphatic hydroxyl groups excluding tert-OH is 1. The van der Waals surface area contributed by atoms with Gasteiger partial charge in [-0.3, -0.25) is 0 Å². The Morgan fingerprint density at radius 3 is 2.45 bits per heavy atom. The molecule has 0 heterocycles. The SMILES string of the molecule is OC1CC2CCCC2CC1F. The number of rotatable bonds is 0. The predicted octanol–water partition coefficient (Wildman–Crippen LogP) is 1.90. The standard InChI is InChI=1S/C9H15FO/c10-8-4-6-2-1-3-7(6)5-9(8)11/h6-9,11H,1-5H2.